The maximum Gasteiger partial charge on any atom is 0.320 e. The molecule has 1 aromatic carbocycles. The summed E-state index contributed by atoms with van der Waals surface area (Å²) in [4.78, 5) is 27.3. The normalized spacial score (nSPS) is 24.7. The molecule has 1 heterocycles. The lowest BCUT2D eigenvalue weighted by molar-refractivity contribution is -0.182. The average molecular weight is 301 g/mol. The van der Waals surface area contributed by atoms with E-state index in [1.165, 1.54) is 0 Å². The molecule has 3 rings (SSSR count). The van der Waals surface area contributed by atoms with Crippen LogP contribution < -0.4 is 4.90 Å². The minimum absolute atomic E-state index is 0.0628. The van der Waals surface area contributed by atoms with E-state index in [0.29, 0.717) is 0 Å². The molecular formula is C18H23NO3. The summed E-state index contributed by atoms with van der Waals surface area (Å²) < 4.78 is 5.89. The maximum atomic E-state index is 13.1. The van der Waals surface area contributed by atoms with Gasteiger partial charge in [0.2, 0.25) is 5.91 Å². The van der Waals surface area contributed by atoms with Crippen LogP contribution in [0.4, 0.5) is 5.69 Å². The number of carbonyl (C=O) groups is 2. The number of anilines is 1. The van der Waals surface area contributed by atoms with Crippen molar-refractivity contribution in [3.05, 3.63) is 30.3 Å². The molecule has 22 heavy (non-hydrogen) atoms. The molecule has 4 heteroatoms. The molecule has 4 nitrogen and oxygen atoms in total. The van der Waals surface area contributed by atoms with Gasteiger partial charge in [-0.15, -0.1) is 0 Å². The van der Waals surface area contributed by atoms with Crippen molar-refractivity contribution >= 4 is 17.6 Å². The smallest absolute Gasteiger partial charge is 0.320 e. The molecule has 1 aromatic rings. The van der Waals surface area contributed by atoms with Gasteiger partial charge in [-0.2, -0.15) is 0 Å². The van der Waals surface area contributed by atoms with Gasteiger partial charge < -0.3 is 4.74 Å². The Morgan fingerprint density at radius 3 is 2.32 bits per heavy atom. The van der Waals surface area contributed by atoms with Crippen LogP contribution in [0, 0.1) is 11.8 Å². The number of benzene rings is 1. The molecule has 1 atom stereocenters. The lowest BCUT2D eigenvalue weighted by Gasteiger charge is -2.50. The summed E-state index contributed by atoms with van der Waals surface area (Å²) in [5, 5.41) is 0. The monoisotopic (exact) mass is 301 g/mol. The van der Waals surface area contributed by atoms with Gasteiger partial charge in [-0.25, -0.2) is 0 Å². The van der Waals surface area contributed by atoms with Crippen molar-refractivity contribution in [2.75, 3.05) is 4.90 Å². The molecule has 1 amide bonds. The molecule has 1 aliphatic carbocycles. The fourth-order valence-electron chi connectivity index (χ4n) is 3.66. The molecule has 1 aliphatic heterocycles. The second kappa shape index (κ2) is 5.75. The first-order chi connectivity index (χ1) is 10.6. The first kappa shape index (κ1) is 15.1. The van der Waals surface area contributed by atoms with Crippen LogP contribution in [0.3, 0.4) is 0 Å². The Balaban J connectivity index is 2.05. The fourth-order valence-corrected chi connectivity index (χ4v) is 3.66. The number of para-hydroxylation sites is 1. The van der Waals surface area contributed by atoms with E-state index in [-0.39, 0.29) is 17.8 Å². The Bertz CT molecular complexity index is 561. The maximum absolute atomic E-state index is 13.1. The second-order valence-electron chi connectivity index (χ2n) is 6.66. The highest BCUT2D eigenvalue weighted by atomic mass is 16.6. The summed E-state index contributed by atoms with van der Waals surface area (Å²) in [6.45, 7) is 3.79. The van der Waals surface area contributed by atoms with Crippen molar-refractivity contribution < 1.29 is 14.3 Å². The summed E-state index contributed by atoms with van der Waals surface area (Å²) in [6.07, 6.45) is 4.55. The van der Waals surface area contributed by atoms with E-state index in [2.05, 4.69) is 0 Å². The van der Waals surface area contributed by atoms with Gasteiger partial charge in [0, 0.05) is 18.5 Å². The molecule has 1 spiro atoms. The molecule has 1 saturated carbocycles. The van der Waals surface area contributed by atoms with Gasteiger partial charge in [0.25, 0.3) is 0 Å². The zero-order valence-corrected chi connectivity index (χ0v) is 13.2. The Morgan fingerprint density at radius 1 is 1.09 bits per heavy atom. The van der Waals surface area contributed by atoms with Crippen LogP contribution in [-0.2, 0) is 14.3 Å². The number of hydrogen-bond donors (Lipinski definition) is 0. The van der Waals surface area contributed by atoms with Gasteiger partial charge in [0.1, 0.15) is 5.92 Å². The highest BCUT2D eigenvalue weighted by Crippen LogP contribution is 2.43. The predicted octanol–water partition coefficient (Wildman–Crippen LogP) is 3.51. The number of hydrogen-bond acceptors (Lipinski definition) is 3. The Labute approximate surface area is 131 Å². The van der Waals surface area contributed by atoms with E-state index in [1.54, 1.807) is 4.90 Å². The van der Waals surface area contributed by atoms with Gasteiger partial charge in [-0.05, 0) is 30.9 Å². The standard InChI is InChI=1S/C18H23NO3/c1-13(2)15-16(20)19(14-9-5-3-6-10-14)18(22-17(15)21)11-7-4-8-12-18/h3,5-6,9-10,13,15H,4,7-8,11-12H2,1-2H3. The topological polar surface area (TPSA) is 46.6 Å². The third-order valence-corrected chi connectivity index (χ3v) is 4.75. The minimum atomic E-state index is -0.779. The van der Waals surface area contributed by atoms with Crippen LogP contribution in [0.15, 0.2) is 30.3 Å². The Morgan fingerprint density at radius 2 is 1.73 bits per heavy atom. The van der Waals surface area contributed by atoms with Crippen LogP contribution in [0.25, 0.3) is 0 Å². The molecule has 2 fully saturated rings. The number of rotatable bonds is 2. The van der Waals surface area contributed by atoms with E-state index in [0.717, 1.165) is 37.8 Å². The van der Waals surface area contributed by atoms with Crippen LogP contribution in [0.2, 0.25) is 0 Å². The Kier molecular flexibility index (Phi) is 3.94. The summed E-state index contributed by atoms with van der Waals surface area (Å²) in [5.41, 5.74) is 0.0478. The summed E-state index contributed by atoms with van der Waals surface area (Å²) >= 11 is 0. The SMILES string of the molecule is CC(C)C1C(=O)OC2(CCCCC2)N(c2ccccc2)C1=O. The van der Waals surface area contributed by atoms with Crippen molar-refractivity contribution in [2.45, 2.75) is 51.7 Å². The highest BCUT2D eigenvalue weighted by molar-refractivity contribution is 6.09. The van der Waals surface area contributed by atoms with Gasteiger partial charge >= 0.3 is 5.97 Å². The summed E-state index contributed by atoms with van der Waals surface area (Å²) in [5.74, 6) is -1.23. The zero-order valence-electron chi connectivity index (χ0n) is 13.2. The number of nitrogens with zero attached hydrogens (tertiary/aromatic N) is 1. The van der Waals surface area contributed by atoms with Crippen molar-refractivity contribution in [3.63, 3.8) is 0 Å². The fraction of sp³-hybridized carbons (Fsp3) is 0.556. The minimum Gasteiger partial charge on any atom is -0.438 e. The average Bonchev–Trinajstić information content (AvgIpc) is 2.48. The number of esters is 1. The molecule has 1 saturated heterocycles. The molecular weight excluding hydrogens is 278 g/mol. The quantitative estimate of drug-likeness (QED) is 0.620. The molecule has 0 N–H and O–H groups in total. The summed E-state index contributed by atoms with van der Waals surface area (Å²) in [7, 11) is 0. The van der Waals surface area contributed by atoms with Crippen molar-refractivity contribution in [1.82, 2.24) is 0 Å². The summed E-state index contributed by atoms with van der Waals surface area (Å²) in [6, 6.07) is 9.60. The molecule has 1 unspecified atom stereocenters. The first-order valence-corrected chi connectivity index (χ1v) is 8.17. The van der Waals surface area contributed by atoms with Crippen molar-refractivity contribution in [1.29, 1.82) is 0 Å². The Hall–Kier alpha value is -1.84. The van der Waals surface area contributed by atoms with Crippen molar-refractivity contribution in [3.8, 4) is 0 Å². The van der Waals surface area contributed by atoms with E-state index in [9.17, 15) is 9.59 Å². The van der Waals surface area contributed by atoms with Crippen LogP contribution in [0.1, 0.15) is 46.0 Å². The second-order valence-corrected chi connectivity index (χ2v) is 6.66. The molecule has 2 aliphatic rings. The van der Waals surface area contributed by atoms with Gasteiger partial charge in [0.15, 0.2) is 5.72 Å². The van der Waals surface area contributed by atoms with E-state index < -0.39 is 11.6 Å². The first-order valence-electron chi connectivity index (χ1n) is 8.17. The molecule has 0 bridgehead atoms. The molecule has 0 radical (unpaired) electrons. The lowest BCUT2D eigenvalue weighted by atomic mass is 9.84. The van der Waals surface area contributed by atoms with Crippen LogP contribution in [0.5, 0.6) is 0 Å². The third-order valence-electron chi connectivity index (χ3n) is 4.75. The van der Waals surface area contributed by atoms with E-state index in [1.807, 2.05) is 44.2 Å². The largest absolute Gasteiger partial charge is 0.438 e. The number of amides is 1. The van der Waals surface area contributed by atoms with E-state index in [4.69, 9.17) is 4.74 Å². The van der Waals surface area contributed by atoms with Gasteiger partial charge in [-0.1, -0.05) is 38.5 Å². The molecule has 0 aromatic heterocycles. The molecule has 118 valence electrons. The van der Waals surface area contributed by atoms with Crippen LogP contribution in [-0.4, -0.2) is 17.6 Å². The highest BCUT2D eigenvalue weighted by Gasteiger charge is 2.54. The third kappa shape index (κ3) is 2.40. The van der Waals surface area contributed by atoms with E-state index >= 15 is 0 Å². The van der Waals surface area contributed by atoms with Crippen LogP contribution >= 0.6 is 0 Å². The van der Waals surface area contributed by atoms with Gasteiger partial charge in [-0.3, -0.25) is 14.5 Å². The number of carbonyl (C=O) groups excluding carboxylic acids is 2. The van der Waals surface area contributed by atoms with Crippen molar-refractivity contribution in [2.24, 2.45) is 11.8 Å². The predicted molar refractivity (Wildman–Crippen MR) is 84.2 cm³/mol. The van der Waals surface area contributed by atoms with Gasteiger partial charge in [0.05, 0.1) is 0 Å². The number of ether oxygens (including phenoxy) is 1. The zero-order chi connectivity index (χ0) is 15.7. The lowest BCUT2D eigenvalue weighted by Crippen LogP contribution is -2.64.